The highest BCUT2D eigenvalue weighted by Gasteiger charge is 2.11. The zero-order valence-electron chi connectivity index (χ0n) is 10.4. The predicted molar refractivity (Wildman–Crippen MR) is 73.1 cm³/mol. The van der Waals surface area contributed by atoms with E-state index >= 15 is 0 Å². The van der Waals surface area contributed by atoms with Gasteiger partial charge in [0.15, 0.2) is 0 Å². The number of nitrogens with two attached hydrogens (primary N) is 1. The monoisotopic (exact) mass is 252 g/mol. The number of rotatable bonds is 7. The van der Waals surface area contributed by atoms with Gasteiger partial charge in [0.25, 0.3) is 0 Å². The average Bonchev–Trinajstić information content (AvgIpc) is 2.28. The molecule has 0 atom stereocenters. The van der Waals surface area contributed by atoms with Crippen LogP contribution in [-0.4, -0.2) is 35.7 Å². The summed E-state index contributed by atoms with van der Waals surface area (Å²) in [6.45, 7) is 5.37. The highest BCUT2D eigenvalue weighted by molar-refractivity contribution is 7.99. The average molecular weight is 252 g/mol. The fourth-order valence-electron chi connectivity index (χ4n) is 1.52. The van der Waals surface area contributed by atoms with E-state index in [1.54, 1.807) is 11.8 Å². The van der Waals surface area contributed by atoms with E-state index in [-0.39, 0.29) is 5.91 Å². The second kappa shape index (κ2) is 7.35. The highest BCUT2D eigenvalue weighted by atomic mass is 32.2. The molecule has 0 radical (unpaired) electrons. The number of nitrogens with zero attached hydrogens (tertiary/aromatic N) is 1. The van der Waals surface area contributed by atoms with Crippen LogP contribution >= 0.6 is 11.8 Å². The van der Waals surface area contributed by atoms with Gasteiger partial charge in [-0.05, 0) is 26.0 Å². The second-order valence-corrected chi connectivity index (χ2v) is 5.36. The van der Waals surface area contributed by atoms with Crippen LogP contribution in [-0.2, 0) is 4.79 Å². The van der Waals surface area contributed by atoms with Crippen LogP contribution in [0.25, 0.3) is 0 Å². The van der Waals surface area contributed by atoms with Gasteiger partial charge in [0, 0.05) is 23.2 Å². The Hall–Kier alpha value is -1.00. The van der Waals surface area contributed by atoms with Crippen molar-refractivity contribution in [1.82, 2.24) is 4.90 Å². The third-order valence-electron chi connectivity index (χ3n) is 2.48. The molecule has 0 aliphatic rings. The van der Waals surface area contributed by atoms with E-state index in [0.717, 1.165) is 12.3 Å². The Morgan fingerprint density at radius 3 is 2.53 bits per heavy atom. The van der Waals surface area contributed by atoms with Gasteiger partial charge < -0.3 is 5.73 Å². The minimum absolute atomic E-state index is 0.261. The molecule has 94 valence electrons. The largest absolute Gasteiger partial charge is 0.369 e. The molecule has 0 bridgehead atoms. The maximum absolute atomic E-state index is 10.9. The van der Waals surface area contributed by atoms with Crippen molar-refractivity contribution in [1.29, 1.82) is 0 Å². The molecule has 0 heterocycles. The molecule has 3 nitrogen and oxygen atoms in total. The molecule has 0 fully saturated rings. The van der Waals surface area contributed by atoms with E-state index in [1.807, 2.05) is 18.2 Å². The van der Waals surface area contributed by atoms with Gasteiger partial charge in [0.1, 0.15) is 0 Å². The maximum atomic E-state index is 10.9. The van der Waals surface area contributed by atoms with Crippen LogP contribution in [0.15, 0.2) is 35.2 Å². The fourth-order valence-corrected chi connectivity index (χ4v) is 2.43. The van der Waals surface area contributed by atoms with E-state index in [9.17, 15) is 4.79 Å². The molecule has 0 unspecified atom stereocenters. The van der Waals surface area contributed by atoms with Gasteiger partial charge in [0.05, 0.1) is 6.54 Å². The van der Waals surface area contributed by atoms with Crippen LogP contribution in [0.1, 0.15) is 13.8 Å². The molecule has 0 spiro atoms. The van der Waals surface area contributed by atoms with Crippen LogP contribution in [0.3, 0.4) is 0 Å². The Kier molecular flexibility index (Phi) is 6.08. The lowest BCUT2D eigenvalue weighted by molar-refractivity contribution is -0.119. The summed E-state index contributed by atoms with van der Waals surface area (Å²) in [5.74, 6) is 0.707. The molecule has 4 heteroatoms. The van der Waals surface area contributed by atoms with Crippen molar-refractivity contribution in [2.45, 2.75) is 24.8 Å². The summed E-state index contributed by atoms with van der Waals surface area (Å²) >= 11 is 1.80. The SMILES string of the molecule is CC(C)N(CCSc1ccccc1)CC(N)=O. The number of benzene rings is 1. The second-order valence-electron chi connectivity index (χ2n) is 4.19. The van der Waals surface area contributed by atoms with Crippen LogP contribution < -0.4 is 5.73 Å². The third-order valence-corrected chi connectivity index (χ3v) is 3.47. The Morgan fingerprint density at radius 1 is 1.35 bits per heavy atom. The maximum Gasteiger partial charge on any atom is 0.231 e. The molecule has 1 aromatic carbocycles. The standard InChI is InChI=1S/C13H20N2OS/c1-11(2)15(10-13(14)16)8-9-17-12-6-4-3-5-7-12/h3-7,11H,8-10H2,1-2H3,(H2,14,16). The van der Waals surface area contributed by atoms with Gasteiger partial charge in [-0.25, -0.2) is 0 Å². The molecule has 1 amide bonds. The van der Waals surface area contributed by atoms with Crippen molar-refractivity contribution in [3.05, 3.63) is 30.3 Å². The Bertz CT molecular complexity index is 341. The minimum Gasteiger partial charge on any atom is -0.369 e. The first-order valence-corrected chi connectivity index (χ1v) is 6.78. The van der Waals surface area contributed by atoms with Crippen molar-refractivity contribution in [3.8, 4) is 0 Å². The summed E-state index contributed by atoms with van der Waals surface area (Å²) in [4.78, 5) is 14.3. The molecular weight excluding hydrogens is 232 g/mol. The quantitative estimate of drug-likeness (QED) is 0.755. The lowest BCUT2D eigenvalue weighted by Gasteiger charge is -2.24. The summed E-state index contributed by atoms with van der Waals surface area (Å²) in [6, 6.07) is 10.6. The molecule has 1 rings (SSSR count). The van der Waals surface area contributed by atoms with Crippen molar-refractivity contribution in [3.63, 3.8) is 0 Å². The predicted octanol–water partition coefficient (Wildman–Crippen LogP) is 1.97. The Balaban J connectivity index is 2.35. The molecular formula is C13H20N2OS. The molecule has 0 aliphatic heterocycles. The van der Waals surface area contributed by atoms with Gasteiger partial charge in [-0.3, -0.25) is 9.69 Å². The van der Waals surface area contributed by atoms with Crippen LogP contribution in [0.5, 0.6) is 0 Å². The fraction of sp³-hybridized carbons (Fsp3) is 0.462. The third kappa shape index (κ3) is 5.75. The van der Waals surface area contributed by atoms with Gasteiger partial charge >= 0.3 is 0 Å². The summed E-state index contributed by atoms with van der Waals surface area (Å²) < 4.78 is 0. The summed E-state index contributed by atoms with van der Waals surface area (Å²) in [6.07, 6.45) is 0. The van der Waals surface area contributed by atoms with E-state index in [0.29, 0.717) is 12.6 Å². The molecule has 0 aromatic heterocycles. The summed E-state index contributed by atoms with van der Waals surface area (Å²) in [5, 5.41) is 0. The van der Waals surface area contributed by atoms with Gasteiger partial charge in [-0.2, -0.15) is 0 Å². The van der Waals surface area contributed by atoms with Crippen LogP contribution in [0.2, 0.25) is 0 Å². The molecule has 1 aromatic rings. The lowest BCUT2D eigenvalue weighted by atomic mass is 10.3. The van der Waals surface area contributed by atoms with Crippen LogP contribution in [0, 0.1) is 0 Å². The Labute approximate surface area is 107 Å². The van der Waals surface area contributed by atoms with Gasteiger partial charge in [-0.15, -0.1) is 11.8 Å². The van der Waals surface area contributed by atoms with Crippen molar-refractivity contribution in [2.24, 2.45) is 5.73 Å². The van der Waals surface area contributed by atoms with E-state index in [1.165, 1.54) is 4.90 Å². The molecule has 0 saturated carbocycles. The number of carbonyl (C=O) groups is 1. The molecule has 2 N–H and O–H groups in total. The number of primary amides is 1. The summed E-state index contributed by atoms with van der Waals surface area (Å²) in [7, 11) is 0. The first kappa shape index (κ1) is 14.1. The summed E-state index contributed by atoms with van der Waals surface area (Å²) in [5.41, 5.74) is 5.23. The van der Waals surface area contributed by atoms with Gasteiger partial charge in [-0.1, -0.05) is 18.2 Å². The zero-order valence-corrected chi connectivity index (χ0v) is 11.2. The minimum atomic E-state index is -0.261. The van der Waals surface area contributed by atoms with E-state index in [2.05, 4.69) is 30.9 Å². The van der Waals surface area contributed by atoms with E-state index in [4.69, 9.17) is 5.73 Å². The molecule has 0 aliphatic carbocycles. The smallest absolute Gasteiger partial charge is 0.231 e. The van der Waals surface area contributed by atoms with Crippen LogP contribution in [0.4, 0.5) is 0 Å². The van der Waals surface area contributed by atoms with Gasteiger partial charge in [0.2, 0.25) is 5.91 Å². The molecule has 0 saturated heterocycles. The first-order chi connectivity index (χ1) is 8.09. The Morgan fingerprint density at radius 2 is 2.00 bits per heavy atom. The highest BCUT2D eigenvalue weighted by Crippen LogP contribution is 2.17. The first-order valence-electron chi connectivity index (χ1n) is 5.80. The topological polar surface area (TPSA) is 46.3 Å². The molecule has 17 heavy (non-hydrogen) atoms. The lowest BCUT2D eigenvalue weighted by Crippen LogP contribution is -2.39. The van der Waals surface area contributed by atoms with Crippen molar-refractivity contribution < 1.29 is 4.79 Å². The number of amides is 1. The van der Waals surface area contributed by atoms with Crippen molar-refractivity contribution in [2.75, 3.05) is 18.8 Å². The zero-order chi connectivity index (χ0) is 12.7. The van der Waals surface area contributed by atoms with Crippen molar-refractivity contribution >= 4 is 17.7 Å². The number of hydrogen-bond donors (Lipinski definition) is 1. The normalized spacial score (nSPS) is 11.1. The number of carbonyl (C=O) groups excluding carboxylic acids is 1. The number of hydrogen-bond acceptors (Lipinski definition) is 3. The number of thioether (sulfide) groups is 1. The van der Waals surface area contributed by atoms with E-state index < -0.39 is 0 Å².